The molecule has 0 unspecified atom stereocenters. The maximum absolute atomic E-state index is 9.43. The fraction of sp³-hybridized carbons (Fsp3) is 0.375. The van der Waals surface area contributed by atoms with Crippen LogP contribution in [0.2, 0.25) is 0 Å². The first-order chi connectivity index (χ1) is 9.20. The van der Waals surface area contributed by atoms with Crippen LogP contribution < -0.4 is 0 Å². The molecule has 1 aliphatic heterocycles. The lowest BCUT2D eigenvalue weighted by atomic mass is 10.0. The largest absolute Gasteiger partial charge is 0.394 e. The lowest BCUT2D eigenvalue weighted by molar-refractivity contribution is -0.0990. The van der Waals surface area contributed by atoms with E-state index in [0.29, 0.717) is 6.61 Å². The number of ether oxygens (including phenoxy) is 2. The third-order valence-electron chi connectivity index (χ3n) is 2.99. The average Bonchev–Trinajstić information content (AvgIpc) is 2.45. The van der Waals surface area contributed by atoms with E-state index in [9.17, 15) is 5.11 Å². The highest BCUT2D eigenvalue weighted by atomic mass is 16.6. The number of hydrogen-bond donors (Lipinski definition) is 1. The summed E-state index contributed by atoms with van der Waals surface area (Å²) >= 11 is 0. The average molecular weight is 260 g/mol. The monoisotopic (exact) mass is 260 g/mol. The Bertz CT molecular complexity index is 439. The van der Waals surface area contributed by atoms with Crippen LogP contribution in [-0.2, 0) is 9.47 Å². The molecule has 1 N–H and O–H groups in total. The van der Waals surface area contributed by atoms with E-state index in [1.807, 2.05) is 49.4 Å². The van der Waals surface area contributed by atoms with Gasteiger partial charge in [0.05, 0.1) is 13.2 Å². The van der Waals surface area contributed by atoms with Crippen molar-refractivity contribution in [2.24, 2.45) is 0 Å². The molecule has 3 heteroatoms. The van der Waals surface area contributed by atoms with Crippen LogP contribution in [0.25, 0.3) is 0 Å². The van der Waals surface area contributed by atoms with Crippen LogP contribution in [0.15, 0.2) is 54.6 Å². The van der Waals surface area contributed by atoms with Gasteiger partial charge in [0.1, 0.15) is 18.3 Å². The zero-order valence-electron chi connectivity index (χ0n) is 11.2. The third-order valence-corrected chi connectivity index (χ3v) is 2.99. The molecule has 1 heterocycles. The van der Waals surface area contributed by atoms with Crippen LogP contribution in [-0.4, -0.2) is 30.5 Å². The molecule has 2 rings (SSSR count). The summed E-state index contributed by atoms with van der Waals surface area (Å²) in [7, 11) is 0. The number of hydrogen-bond acceptors (Lipinski definition) is 3. The third kappa shape index (κ3) is 3.77. The number of aliphatic hydroxyl groups excluding tert-OH is 1. The van der Waals surface area contributed by atoms with Crippen molar-refractivity contribution in [3.05, 3.63) is 60.2 Å². The Labute approximate surface area is 114 Å². The predicted octanol–water partition coefficient (Wildman–Crippen LogP) is 2.64. The van der Waals surface area contributed by atoms with E-state index >= 15 is 0 Å². The molecule has 102 valence electrons. The van der Waals surface area contributed by atoms with E-state index in [-0.39, 0.29) is 24.9 Å². The van der Waals surface area contributed by atoms with E-state index in [0.717, 1.165) is 11.1 Å². The number of rotatable bonds is 5. The smallest absolute Gasteiger partial charge is 0.111 e. The molecule has 1 aliphatic rings. The standard InChI is InChI=1S/C16H20O3/c1-12(2)11-18-15-9-8-14(19-16(15)10-17)13-6-4-3-5-7-13/h3-9,14-17H,1,10-11H2,2H3/t14-,15-,16+/m0/s1. The summed E-state index contributed by atoms with van der Waals surface area (Å²) in [5, 5.41) is 9.43. The summed E-state index contributed by atoms with van der Waals surface area (Å²) < 4.78 is 11.5. The zero-order chi connectivity index (χ0) is 13.7. The normalized spacial score (nSPS) is 26.3. The summed E-state index contributed by atoms with van der Waals surface area (Å²) in [6.45, 7) is 6.13. The number of aliphatic hydroxyl groups is 1. The Morgan fingerprint density at radius 3 is 2.68 bits per heavy atom. The second-order valence-corrected chi connectivity index (χ2v) is 4.81. The summed E-state index contributed by atoms with van der Waals surface area (Å²) in [5.41, 5.74) is 2.03. The first-order valence-corrected chi connectivity index (χ1v) is 6.46. The van der Waals surface area contributed by atoms with Gasteiger partial charge in [-0.15, -0.1) is 0 Å². The molecule has 1 aromatic carbocycles. The first kappa shape index (κ1) is 14.0. The quantitative estimate of drug-likeness (QED) is 0.827. The molecule has 0 fully saturated rings. The van der Waals surface area contributed by atoms with E-state index in [1.54, 1.807) is 0 Å². The molecule has 3 atom stereocenters. The Morgan fingerprint density at radius 2 is 2.05 bits per heavy atom. The fourth-order valence-electron chi connectivity index (χ4n) is 2.03. The Hall–Kier alpha value is -1.42. The van der Waals surface area contributed by atoms with Crippen molar-refractivity contribution in [2.45, 2.75) is 25.2 Å². The molecule has 0 aromatic heterocycles. The summed E-state index contributed by atoms with van der Waals surface area (Å²) in [5.74, 6) is 0. The highest BCUT2D eigenvalue weighted by molar-refractivity contribution is 5.23. The van der Waals surface area contributed by atoms with Crippen molar-refractivity contribution in [1.82, 2.24) is 0 Å². The molecule has 19 heavy (non-hydrogen) atoms. The van der Waals surface area contributed by atoms with Gasteiger partial charge in [-0.05, 0) is 12.5 Å². The lowest BCUT2D eigenvalue weighted by Gasteiger charge is -2.31. The summed E-state index contributed by atoms with van der Waals surface area (Å²) in [6.07, 6.45) is 3.26. The highest BCUT2D eigenvalue weighted by Crippen LogP contribution is 2.27. The van der Waals surface area contributed by atoms with Gasteiger partial charge >= 0.3 is 0 Å². The van der Waals surface area contributed by atoms with Crippen LogP contribution in [0.4, 0.5) is 0 Å². The van der Waals surface area contributed by atoms with Crippen molar-refractivity contribution in [3.8, 4) is 0 Å². The second kappa shape index (κ2) is 6.66. The van der Waals surface area contributed by atoms with Crippen molar-refractivity contribution in [3.63, 3.8) is 0 Å². The molecule has 0 radical (unpaired) electrons. The van der Waals surface area contributed by atoms with E-state index in [2.05, 4.69) is 6.58 Å². The van der Waals surface area contributed by atoms with Gasteiger partial charge in [-0.3, -0.25) is 0 Å². The lowest BCUT2D eigenvalue weighted by Crippen LogP contribution is -2.37. The zero-order valence-corrected chi connectivity index (χ0v) is 11.2. The number of benzene rings is 1. The minimum atomic E-state index is -0.338. The van der Waals surface area contributed by atoms with Gasteiger partial charge in [0.2, 0.25) is 0 Å². The van der Waals surface area contributed by atoms with Crippen molar-refractivity contribution in [1.29, 1.82) is 0 Å². The molecular weight excluding hydrogens is 240 g/mol. The Balaban J connectivity index is 2.05. The fourth-order valence-corrected chi connectivity index (χ4v) is 2.03. The van der Waals surface area contributed by atoms with Crippen molar-refractivity contribution in [2.75, 3.05) is 13.2 Å². The topological polar surface area (TPSA) is 38.7 Å². The Kier molecular flexibility index (Phi) is 4.91. The van der Waals surface area contributed by atoms with Crippen molar-refractivity contribution < 1.29 is 14.6 Å². The molecule has 1 aromatic rings. The van der Waals surface area contributed by atoms with Crippen LogP contribution in [0.5, 0.6) is 0 Å². The molecule has 0 bridgehead atoms. The SMILES string of the molecule is C=C(C)CO[C@H]1C=C[C@@H](c2ccccc2)O[C@@H]1CO. The van der Waals surface area contributed by atoms with Crippen molar-refractivity contribution >= 4 is 0 Å². The van der Waals surface area contributed by atoms with Gasteiger partial charge in [0, 0.05) is 0 Å². The van der Waals surface area contributed by atoms with E-state index < -0.39 is 0 Å². The molecule has 0 amide bonds. The van der Waals surface area contributed by atoms with Gasteiger partial charge in [0.15, 0.2) is 0 Å². The molecule has 0 saturated heterocycles. The highest BCUT2D eigenvalue weighted by Gasteiger charge is 2.27. The van der Waals surface area contributed by atoms with Crippen LogP contribution in [0.1, 0.15) is 18.6 Å². The summed E-state index contributed by atoms with van der Waals surface area (Å²) in [4.78, 5) is 0. The van der Waals surface area contributed by atoms with Crippen LogP contribution in [0.3, 0.4) is 0 Å². The van der Waals surface area contributed by atoms with E-state index in [4.69, 9.17) is 9.47 Å². The van der Waals surface area contributed by atoms with Gasteiger partial charge in [0.25, 0.3) is 0 Å². The second-order valence-electron chi connectivity index (χ2n) is 4.81. The minimum absolute atomic E-state index is 0.0610. The molecular formula is C16H20O3. The molecule has 0 saturated carbocycles. The maximum Gasteiger partial charge on any atom is 0.111 e. The maximum atomic E-state index is 9.43. The molecule has 0 spiro atoms. The van der Waals surface area contributed by atoms with Crippen LogP contribution in [0, 0.1) is 0 Å². The van der Waals surface area contributed by atoms with Gasteiger partial charge in [-0.25, -0.2) is 0 Å². The predicted molar refractivity (Wildman–Crippen MR) is 74.8 cm³/mol. The minimum Gasteiger partial charge on any atom is -0.394 e. The van der Waals surface area contributed by atoms with E-state index in [1.165, 1.54) is 0 Å². The molecule has 3 nitrogen and oxygen atoms in total. The first-order valence-electron chi connectivity index (χ1n) is 6.46. The summed E-state index contributed by atoms with van der Waals surface area (Å²) in [6, 6.07) is 9.95. The van der Waals surface area contributed by atoms with Gasteiger partial charge in [-0.2, -0.15) is 0 Å². The molecule has 0 aliphatic carbocycles. The van der Waals surface area contributed by atoms with Gasteiger partial charge < -0.3 is 14.6 Å². The Morgan fingerprint density at radius 1 is 1.32 bits per heavy atom. The van der Waals surface area contributed by atoms with Crippen LogP contribution >= 0.6 is 0 Å². The van der Waals surface area contributed by atoms with Gasteiger partial charge in [-0.1, -0.05) is 54.6 Å².